The van der Waals surface area contributed by atoms with E-state index in [-0.39, 0.29) is 16.7 Å². The van der Waals surface area contributed by atoms with Crippen LogP contribution in [0.4, 0.5) is 10.2 Å². The number of benzene rings is 1. The van der Waals surface area contributed by atoms with Gasteiger partial charge in [-0.3, -0.25) is 4.40 Å². The van der Waals surface area contributed by atoms with Gasteiger partial charge in [0.2, 0.25) is 5.65 Å². The molecule has 6 nitrogen and oxygen atoms in total. The minimum Gasteiger partial charge on any atom is -0.436 e. The van der Waals surface area contributed by atoms with Gasteiger partial charge in [-0.05, 0) is 12.1 Å². The van der Waals surface area contributed by atoms with Crippen LogP contribution in [0, 0.1) is 5.82 Å². The van der Waals surface area contributed by atoms with E-state index in [0.717, 1.165) is 0 Å². The van der Waals surface area contributed by atoms with E-state index < -0.39 is 5.82 Å². The molecule has 0 atom stereocenters. The Morgan fingerprint density at radius 3 is 3.00 bits per heavy atom. The van der Waals surface area contributed by atoms with Crippen molar-refractivity contribution in [2.45, 2.75) is 0 Å². The van der Waals surface area contributed by atoms with E-state index in [2.05, 4.69) is 15.4 Å². The number of imidazole rings is 1. The highest BCUT2D eigenvalue weighted by Gasteiger charge is 2.11. The third-order valence-electron chi connectivity index (χ3n) is 2.60. The van der Waals surface area contributed by atoms with Gasteiger partial charge >= 0.3 is 0 Å². The lowest BCUT2D eigenvalue weighted by Gasteiger charge is -2.08. The molecule has 0 radical (unpaired) electrons. The quantitative estimate of drug-likeness (QED) is 0.573. The normalized spacial score (nSPS) is 10.8. The lowest BCUT2D eigenvalue weighted by atomic mass is 10.3. The molecule has 0 fully saturated rings. The molecule has 0 aliphatic carbocycles. The Morgan fingerprint density at radius 1 is 1.40 bits per heavy atom. The number of hydrogen-bond donors (Lipinski definition) is 2. The van der Waals surface area contributed by atoms with Gasteiger partial charge in [0.25, 0.3) is 5.88 Å². The van der Waals surface area contributed by atoms with Gasteiger partial charge in [-0.2, -0.15) is 4.98 Å². The molecule has 8 heteroatoms. The summed E-state index contributed by atoms with van der Waals surface area (Å²) < 4.78 is 20.6. The summed E-state index contributed by atoms with van der Waals surface area (Å²) in [7, 11) is 0. The summed E-state index contributed by atoms with van der Waals surface area (Å²) in [4.78, 5) is 8.26. The van der Waals surface area contributed by atoms with Crippen molar-refractivity contribution in [2.24, 2.45) is 5.84 Å². The van der Waals surface area contributed by atoms with Crippen molar-refractivity contribution in [1.82, 2.24) is 14.4 Å². The van der Waals surface area contributed by atoms with Gasteiger partial charge in [0.15, 0.2) is 5.82 Å². The fourth-order valence-electron chi connectivity index (χ4n) is 1.69. The number of anilines is 1. The number of aromatic nitrogens is 3. The van der Waals surface area contributed by atoms with E-state index in [1.165, 1.54) is 18.2 Å². The van der Waals surface area contributed by atoms with Crippen LogP contribution in [-0.4, -0.2) is 14.4 Å². The molecule has 0 saturated heterocycles. The second-order valence-corrected chi connectivity index (χ2v) is 4.32. The molecule has 20 heavy (non-hydrogen) atoms. The smallest absolute Gasteiger partial charge is 0.265 e. The highest BCUT2D eigenvalue weighted by Crippen LogP contribution is 2.27. The molecule has 0 unspecified atom stereocenters. The van der Waals surface area contributed by atoms with Crippen molar-refractivity contribution >= 4 is 23.1 Å². The summed E-state index contributed by atoms with van der Waals surface area (Å²) in [6.45, 7) is 0. The number of hydrazine groups is 1. The van der Waals surface area contributed by atoms with Gasteiger partial charge in [0.1, 0.15) is 11.6 Å². The summed E-state index contributed by atoms with van der Waals surface area (Å²) in [5, 5.41) is 0.0219. The average molecular weight is 294 g/mol. The van der Waals surface area contributed by atoms with E-state index >= 15 is 0 Å². The summed E-state index contributed by atoms with van der Waals surface area (Å²) in [5.41, 5.74) is 2.91. The summed E-state index contributed by atoms with van der Waals surface area (Å²) in [6, 6.07) is 4.11. The Hall–Kier alpha value is -2.38. The van der Waals surface area contributed by atoms with Crippen molar-refractivity contribution in [2.75, 3.05) is 5.43 Å². The Balaban J connectivity index is 2.04. The van der Waals surface area contributed by atoms with Gasteiger partial charge < -0.3 is 10.2 Å². The maximum Gasteiger partial charge on any atom is 0.265 e. The number of ether oxygens (including phenoxy) is 1. The largest absolute Gasteiger partial charge is 0.436 e. The van der Waals surface area contributed by atoms with E-state index in [0.29, 0.717) is 11.5 Å². The first-order chi connectivity index (χ1) is 9.67. The average Bonchev–Trinajstić information content (AvgIpc) is 2.91. The molecule has 0 aliphatic heterocycles. The van der Waals surface area contributed by atoms with E-state index in [1.54, 1.807) is 23.0 Å². The zero-order chi connectivity index (χ0) is 14.1. The van der Waals surface area contributed by atoms with Crippen LogP contribution in [0.5, 0.6) is 11.6 Å². The predicted octanol–water partition coefficient (Wildman–Crippen LogP) is 2.60. The molecule has 2 aromatic heterocycles. The fraction of sp³-hybridized carbons (Fsp3) is 0. The molecule has 0 bridgehead atoms. The number of nitrogen functional groups attached to an aromatic ring is 1. The first-order valence-electron chi connectivity index (χ1n) is 5.60. The van der Waals surface area contributed by atoms with Crippen molar-refractivity contribution in [3.8, 4) is 11.6 Å². The Labute approximate surface area is 117 Å². The second-order valence-electron chi connectivity index (χ2n) is 3.91. The fourth-order valence-corrected chi connectivity index (χ4v) is 1.81. The molecular formula is C12H9ClFN5O. The molecule has 0 saturated carbocycles. The van der Waals surface area contributed by atoms with Crippen molar-refractivity contribution in [3.05, 3.63) is 47.6 Å². The third kappa shape index (κ3) is 2.24. The molecule has 0 amide bonds. The maximum atomic E-state index is 13.4. The van der Waals surface area contributed by atoms with Crippen LogP contribution in [0.25, 0.3) is 5.65 Å². The number of fused-ring (bicyclic) bond motifs is 1. The van der Waals surface area contributed by atoms with E-state index in [1.807, 2.05) is 0 Å². The van der Waals surface area contributed by atoms with Crippen LogP contribution < -0.4 is 16.0 Å². The molecule has 2 heterocycles. The number of nitrogens with one attached hydrogen (secondary N) is 1. The topological polar surface area (TPSA) is 77.5 Å². The molecule has 3 N–H and O–H groups in total. The van der Waals surface area contributed by atoms with Crippen LogP contribution in [0.1, 0.15) is 0 Å². The third-order valence-corrected chi connectivity index (χ3v) is 2.90. The number of nitrogens with zero attached hydrogens (tertiary/aromatic N) is 3. The molecular weight excluding hydrogens is 285 g/mol. The van der Waals surface area contributed by atoms with Crippen molar-refractivity contribution in [1.29, 1.82) is 0 Å². The van der Waals surface area contributed by atoms with Crippen LogP contribution in [-0.2, 0) is 0 Å². The summed E-state index contributed by atoms with van der Waals surface area (Å²) >= 11 is 5.62. The summed E-state index contributed by atoms with van der Waals surface area (Å²) in [5.74, 6) is 5.62. The van der Waals surface area contributed by atoms with Gasteiger partial charge in [-0.1, -0.05) is 11.6 Å². The van der Waals surface area contributed by atoms with E-state index in [9.17, 15) is 4.39 Å². The minimum absolute atomic E-state index is 0.0219. The molecule has 0 spiro atoms. The minimum atomic E-state index is -0.573. The second kappa shape index (κ2) is 4.95. The number of rotatable bonds is 3. The predicted molar refractivity (Wildman–Crippen MR) is 72.3 cm³/mol. The number of hydrogen-bond acceptors (Lipinski definition) is 5. The van der Waals surface area contributed by atoms with E-state index in [4.69, 9.17) is 22.2 Å². The van der Waals surface area contributed by atoms with Gasteiger partial charge in [-0.15, -0.1) is 0 Å². The SMILES string of the molecule is NNc1cn2ccnc2c(Oc2ccc(Cl)c(F)c2)n1. The highest BCUT2D eigenvalue weighted by molar-refractivity contribution is 6.30. The van der Waals surface area contributed by atoms with Crippen LogP contribution in [0.3, 0.4) is 0 Å². The maximum absolute atomic E-state index is 13.4. The Bertz CT molecular complexity index is 776. The van der Waals surface area contributed by atoms with Gasteiger partial charge in [0.05, 0.1) is 11.2 Å². The molecule has 3 rings (SSSR count). The van der Waals surface area contributed by atoms with Gasteiger partial charge in [0, 0.05) is 18.5 Å². The monoisotopic (exact) mass is 293 g/mol. The van der Waals surface area contributed by atoms with Crippen LogP contribution >= 0.6 is 11.6 Å². The van der Waals surface area contributed by atoms with Crippen molar-refractivity contribution in [3.63, 3.8) is 0 Å². The van der Waals surface area contributed by atoms with Crippen LogP contribution in [0.15, 0.2) is 36.8 Å². The molecule has 1 aromatic carbocycles. The van der Waals surface area contributed by atoms with Gasteiger partial charge in [-0.25, -0.2) is 15.2 Å². The lowest BCUT2D eigenvalue weighted by Crippen LogP contribution is -2.10. The summed E-state index contributed by atoms with van der Waals surface area (Å²) in [6.07, 6.45) is 4.96. The number of nitrogens with two attached hydrogens (primary N) is 1. The van der Waals surface area contributed by atoms with Crippen molar-refractivity contribution < 1.29 is 9.13 Å². The first kappa shape index (κ1) is 12.6. The lowest BCUT2D eigenvalue weighted by molar-refractivity contribution is 0.461. The Kier molecular flexibility index (Phi) is 3.13. The van der Waals surface area contributed by atoms with Crippen LogP contribution in [0.2, 0.25) is 5.02 Å². The Morgan fingerprint density at radius 2 is 2.25 bits per heavy atom. The zero-order valence-electron chi connectivity index (χ0n) is 10.0. The molecule has 3 aromatic rings. The first-order valence-corrected chi connectivity index (χ1v) is 5.98. The standard InChI is InChI=1S/C12H9ClFN5O/c13-8-2-1-7(5-9(8)14)20-12-11-16-3-4-19(11)6-10(17-12)18-15/h1-6,18H,15H2. The number of halogens is 2. The zero-order valence-corrected chi connectivity index (χ0v) is 10.8. The molecule has 102 valence electrons. The highest BCUT2D eigenvalue weighted by atomic mass is 35.5. The molecule has 0 aliphatic rings.